The van der Waals surface area contributed by atoms with Gasteiger partial charge in [-0.15, -0.1) is 0 Å². The summed E-state index contributed by atoms with van der Waals surface area (Å²) in [4.78, 5) is 11.6. The largest absolute Gasteiger partial charge is 0.322 e. The maximum Gasteiger partial charge on any atom is 0.260 e. The van der Waals surface area contributed by atoms with Crippen molar-refractivity contribution in [1.82, 2.24) is 9.78 Å². The van der Waals surface area contributed by atoms with Gasteiger partial charge in [-0.2, -0.15) is 5.10 Å². The lowest BCUT2D eigenvalue weighted by Gasteiger charge is -2.24. The van der Waals surface area contributed by atoms with Crippen molar-refractivity contribution in [3.05, 3.63) is 17.5 Å². The van der Waals surface area contributed by atoms with Gasteiger partial charge in [0, 0.05) is 11.6 Å². The molecule has 1 aromatic rings. The summed E-state index contributed by atoms with van der Waals surface area (Å²) >= 11 is 0. The highest BCUT2D eigenvalue weighted by Gasteiger charge is 2.29. The van der Waals surface area contributed by atoms with E-state index >= 15 is 0 Å². The molecule has 0 aliphatic carbocycles. The van der Waals surface area contributed by atoms with E-state index in [0.717, 1.165) is 11.3 Å². The highest BCUT2D eigenvalue weighted by Crippen LogP contribution is 2.32. The van der Waals surface area contributed by atoms with E-state index in [1.54, 1.807) is 0 Å². The van der Waals surface area contributed by atoms with Crippen molar-refractivity contribution < 1.29 is 4.79 Å². The Kier molecular flexibility index (Phi) is 3.48. The van der Waals surface area contributed by atoms with Gasteiger partial charge in [-0.1, -0.05) is 41.5 Å². The van der Waals surface area contributed by atoms with Crippen LogP contribution in [0.15, 0.2) is 6.20 Å². The molecule has 0 atom stereocenters. The van der Waals surface area contributed by atoms with Crippen LogP contribution in [0.4, 0.5) is 0 Å². The van der Waals surface area contributed by atoms with Gasteiger partial charge in [0.15, 0.2) is 0 Å². The third-order valence-corrected chi connectivity index (χ3v) is 2.66. The summed E-state index contributed by atoms with van der Waals surface area (Å²) in [7, 11) is 0. The third-order valence-electron chi connectivity index (χ3n) is 2.66. The molecule has 0 bridgehead atoms. The minimum absolute atomic E-state index is 0.0190. The number of aromatic nitrogens is 2. The molecule has 0 amide bonds. The molecule has 0 fully saturated rings. The Balaban J connectivity index is 3.38. The second-order valence-electron chi connectivity index (χ2n) is 6.43. The van der Waals surface area contributed by atoms with Gasteiger partial charge in [-0.05, 0) is 11.0 Å². The molecule has 96 valence electrons. The normalized spacial score (nSPS) is 12.9. The average molecular weight is 237 g/mol. The number of carbonyl (C=O) groups excluding carboxylic acids is 1. The molecule has 0 saturated carbocycles. The molecule has 0 unspecified atom stereocenters. The first-order chi connectivity index (χ1) is 7.57. The van der Waals surface area contributed by atoms with Crippen molar-refractivity contribution in [3.8, 4) is 0 Å². The number of rotatable bonds is 1. The van der Waals surface area contributed by atoms with Crippen LogP contribution < -0.4 is 5.73 Å². The lowest BCUT2D eigenvalue weighted by atomic mass is 9.80. The van der Waals surface area contributed by atoms with Crippen LogP contribution in [-0.2, 0) is 10.8 Å². The van der Waals surface area contributed by atoms with E-state index in [0.29, 0.717) is 0 Å². The first kappa shape index (κ1) is 13.9. The first-order valence-corrected chi connectivity index (χ1v) is 5.91. The molecule has 0 radical (unpaired) electrons. The average Bonchev–Trinajstić information content (AvgIpc) is 2.59. The van der Waals surface area contributed by atoms with Crippen molar-refractivity contribution in [2.75, 3.05) is 6.54 Å². The van der Waals surface area contributed by atoms with Gasteiger partial charge in [0.25, 0.3) is 5.91 Å². The molecule has 0 aliphatic rings. The number of nitrogens with zero attached hydrogens (tertiary/aromatic N) is 2. The topological polar surface area (TPSA) is 60.9 Å². The van der Waals surface area contributed by atoms with Gasteiger partial charge in [-0.25, -0.2) is 4.68 Å². The SMILES string of the molecule is CC(C)(C)c1cn(C(=O)CN)nc1C(C)(C)C. The number of hydrogen-bond acceptors (Lipinski definition) is 3. The smallest absolute Gasteiger partial charge is 0.260 e. The zero-order chi connectivity index (χ0) is 13.4. The third kappa shape index (κ3) is 2.94. The van der Waals surface area contributed by atoms with Crippen molar-refractivity contribution in [2.45, 2.75) is 52.4 Å². The van der Waals surface area contributed by atoms with Gasteiger partial charge >= 0.3 is 0 Å². The Hall–Kier alpha value is -1.16. The molecule has 0 saturated heterocycles. The van der Waals surface area contributed by atoms with Gasteiger partial charge in [0.2, 0.25) is 0 Å². The monoisotopic (exact) mass is 237 g/mol. The maximum absolute atomic E-state index is 11.6. The van der Waals surface area contributed by atoms with Gasteiger partial charge in [0.1, 0.15) is 0 Å². The highest BCUT2D eigenvalue weighted by atomic mass is 16.2. The van der Waals surface area contributed by atoms with Crippen LogP contribution in [0, 0.1) is 0 Å². The molecule has 1 aromatic heterocycles. The fourth-order valence-corrected chi connectivity index (χ4v) is 1.70. The van der Waals surface area contributed by atoms with Gasteiger partial charge in [0.05, 0.1) is 12.2 Å². The van der Waals surface area contributed by atoms with Crippen molar-refractivity contribution in [1.29, 1.82) is 0 Å². The highest BCUT2D eigenvalue weighted by molar-refractivity contribution is 5.80. The second-order valence-corrected chi connectivity index (χ2v) is 6.43. The summed E-state index contributed by atoms with van der Waals surface area (Å²) in [5.74, 6) is -0.175. The van der Waals surface area contributed by atoms with Crippen LogP contribution in [-0.4, -0.2) is 22.2 Å². The summed E-state index contributed by atoms with van der Waals surface area (Å²) in [5, 5.41) is 4.41. The summed E-state index contributed by atoms with van der Waals surface area (Å²) in [6.45, 7) is 12.6. The Morgan fingerprint density at radius 3 is 2.06 bits per heavy atom. The van der Waals surface area contributed by atoms with Crippen LogP contribution in [0.2, 0.25) is 0 Å². The minimum atomic E-state index is -0.175. The number of carbonyl (C=O) groups is 1. The first-order valence-electron chi connectivity index (χ1n) is 5.91. The summed E-state index contributed by atoms with van der Waals surface area (Å²) in [6, 6.07) is 0. The van der Waals surface area contributed by atoms with Crippen LogP contribution >= 0.6 is 0 Å². The van der Waals surface area contributed by atoms with Crippen LogP contribution in [0.3, 0.4) is 0 Å². The van der Waals surface area contributed by atoms with E-state index in [4.69, 9.17) is 5.73 Å². The van der Waals surface area contributed by atoms with E-state index in [1.807, 2.05) is 6.20 Å². The fraction of sp³-hybridized carbons (Fsp3) is 0.692. The van der Waals surface area contributed by atoms with Gasteiger partial charge < -0.3 is 5.73 Å². The van der Waals surface area contributed by atoms with Crippen LogP contribution in [0.1, 0.15) is 57.6 Å². The maximum atomic E-state index is 11.6. The Bertz CT molecular complexity index is 387. The lowest BCUT2D eigenvalue weighted by molar-refractivity contribution is 0.0907. The van der Waals surface area contributed by atoms with E-state index in [9.17, 15) is 4.79 Å². The Labute approximate surface area is 103 Å². The van der Waals surface area contributed by atoms with E-state index in [2.05, 4.69) is 46.6 Å². The summed E-state index contributed by atoms with van der Waals surface area (Å²) in [5.41, 5.74) is 7.33. The zero-order valence-electron chi connectivity index (χ0n) is 11.7. The molecular formula is C13H23N3O. The van der Waals surface area contributed by atoms with Crippen molar-refractivity contribution >= 4 is 5.91 Å². The van der Waals surface area contributed by atoms with Crippen molar-refractivity contribution in [2.24, 2.45) is 5.73 Å². The van der Waals surface area contributed by atoms with E-state index < -0.39 is 0 Å². The Morgan fingerprint density at radius 1 is 1.24 bits per heavy atom. The molecule has 2 N–H and O–H groups in total. The fourth-order valence-electron chi connectivity index (χ4n) is 1.70. The predicted molar refractivity (Wildman–Crippen MR) is 69.3 cm³/mol. The number of nitrogens with two attached hydrogens (primary N) is 1. The number of hydrogen-bond donors (Lipinski definition) is 1. The summed E-state index contributed by atoms with van der Waals surface area (Å²) in [6.07, 6.45) is 1.82. The van der Waals surface area contributed by atoms with Crippen LogP contribution in [0.5, 0.6) is 0 Å². The molecule has 0 spiro atoms. The van der Waals surface area contributed by atoms with Crippen molar-refractivity contribution in [3.63, 3.8) is 0 Å². The van der Waals surface area contributed by atoms with E-state index in [-0.39, 0.29) is 23.3 Å². The Morgan fingerprint density at radius 2 is 1.76 bits per heavy atom. The molecular weight excluding hydrogens is 214 g/mol. The van der Waals surface area contributed by atoms with E-state index in [1.165, 1.54) is 4.68 Å². The molecule has 17 heavy (non-hydrogen) atoms. The van der Waals surface area contributed by atoms with Crippen LogP contribution in [0.25, 0.3) is 0 Å². The molecule has 4 nitrogen and oxygen atoms in total. The van der Waals surface area contributed by atoms with Gasteiger partial charge in [-0.3, -0.25) is 4.79 Å². The predicted octanol–water partition coefficient (Wildman–Crippen LogP) is 2.08. The zero-order valence-corrected chi connectivity index (χ0v) is 11.7. The molecule has 0 aromatic carbocycles. The minimum Gasteiger partial charge on any atom is -0.322 e. The molecule has 4 heteroatoms. The quantitative estimate of drug-likeness (QED) is 0.813. The lowest BCUT2D eigenvalue weighted by Crippen LogP contribution is -2.23. The standard InChI is InChI=1S/C13H23N3O/c1-12(2,3)9-8-16(10(17)7-14)15-11(9)13(4,5)6/h8H,7,14H2,1-6H3. The second kappa shape index (κ2) is 4.26. The summed E-state index contributed by atoms with van der Waals surface area (Å²) < 4.78 is 1.38. The molecule has 0 aliphatic heterocycles. The molecule has 1 rings (SSSR count). The molecule has 1 heterocycles.